The Hall–Kier alpha value is -3.61. The molecule has 4 atom stereocenters. The van der Waals surface area contributed by atoms with E-state index in [4.69, 9.17) is 0 Å². The molecule has 0 radical (unpaired) electrons. The van der Waals surface area contributed by atoms with E-state index in [0.717, 1.165) is 29.8 Å². The fourth-order valence-corrected chi connectivity index (χ4v) is 6.77. The monoisotopic (exact) mass is 637 g/mol. The number of alkyl halides is 2. The van der Waals surface area contributed by atoms with Crippen LogP contribution in [0.25, 0.3) is 0 Å². The summed E-state index contributed by atoms with van der Waals surface area (Å²) in [6.45, 7) is 0.225. The van der Waals surface area contributed by atoms with Crippen LogP contribution in [0.2, 0.25) is 0 Å². The summed E-state index contributed by atoms with van der Waals surface area (Å²) in [5, 5.41) is 12.3. The van der Waals surface area contributed by atoms with Gasteiger partial charge in [0.15, 0.2) is 6.19 Å². The van der Waals surface area contributed by atoms with Gasteiger partial charge in [0.25, 0.3) is 5.91 Å². The van der Waals surface area contributed by atoms with Crippen LogP contribution in [-0.2, 0) is 9.59 Å². The number of aromatic nitrogens is 1. The zero-order valence-electron chi connectivity index (χ0n) is 22.4. The van der Waals surface area contributed by atoms with Gasteiger partial charge in [0, 0.05) is 42.9 Å². The van der Waals surface area contributed by atoms with Crippen LogP contribution in [0.15, 0.2) is 47.6 Å². The molecule has 2 aromatic rings. The van der Waals surface area contributed by atoms with Gasteiger partial charge in [-0.05, 0) is 67.9 Å². The molecule has 2 aliphatic carbocycles. The minimum atomic E-state index is -10.1. The fraction of sp³-hybridized carbons (Fsp3) is 0.481. The largest absolute Gasteiger partial charge is 0.351 e. The van der Waals surface area contributed by atoms with Crippen molar-refractivity contribution in [3.05, 3.63) is 54.1 Å². The van der Waals surface area contributed by atoms with Crippen molar-refractivity contribution >= 4 is 27.7 Å². The Kier molecular flexibility index (Phi) is 7.15. The predicted molar refractivity (Wildman–Crippen MR) is 140 cm³/mol. The zero-order valence-corrected chi connectivity index (χ0v) is 23.2. The first-order valence-corrected chi connectivity index (χ1v) is 15.4. The number of pyridine rings is 1. The molecule has 2 amide bonds. The molecule has 234 valence electrons. The molecule has 1 saturated heterocycles. The van der Waals surface area contributed by atoms with Crippen molar-refractivity contribution < 1.29 is 42.2 Å². The summed E-state index contributed by atoms with van der Waals surface area (Å²) < 4.78 is 109. The third-order valence-corrected chi connectivity index (χ3v) is 9.60. The van der Waals surface area contributed by atoms with Crippen molar-refractivity contribution in [3.63, 3.8) is 0 Å². The number of amides is 2. The lowest BCUT2D eigenvalue weighted by Crippen LogP contribution is -2.54. The minimum absolute atomic E-state index is 0.0297. The number of carbonyl (C=O) groups is 2. The summed E-state index contributed by atoms with van der Waals surface area (Å²) >= 11 is 0. The average Bonchev–Trinajstić information content (AvgIpc) is 3.15. The van der Waals surface area contributed by atoms with Gasteiger partial charge in [0.1, 0.15) is 22.8 Å². The molecule has 1 N–H and O–H groups in total. The van der Waals surface area contributed by atoms with Crippen LogP contribution in [0.4, 0.5) is 38.3 Å². The van der Waals surface area contributed by atoms with Crippen molar-refractivity contribution in [1.82, 2.24) is 15.2 Å². The van der Waals surface area contributed by atoms with E-state index in [1.54, 1.807) is 0 Å². The highest BCUT2D eigenvalue weighted by atomic mass is 32.5. The number of nitrogens with one attached hydrogen (secondary N) is 1. The van der Waals surface area contributed by atoms with E-state index in [1.807, 2.05) is 6.19 Å². The Morgan fingerprint density at radius 3 is 2.23 bits per heavy atom. The molecule has 0 bridgehead atoms. The van der Waals surface area contributed by atoms with Gasteiger partial charge in [0.05, 0.1) is 6.20 Å². The van der Waals surface area contributed by atoms with Crippen molar-refractivity contribution in [2.24, 2.45) is 11.8 Å². The predicted octanol–water partition coefficient (Wildman–Crippen LogP) is 6.84. The first kappa shape index (κ1) is 30.8. The number of anilines is 1. The molecule has 3 fully saturated rings. The second kappa shape index (κ2) is 9.96. The third-order valence-electron chi connectivity index (χ3n) is 8.44. The van der Waals surface area contributed by atoms with E-state index in [0.29, 0.717) is 18.6 Å². The Bertz CT molecular complexity index is 1460. The van der Waals surface area contributed by atoms with Crippen molar-refractivity contribution in [2.45, 2.75) is 67.5 Å². The molecule has 2 saturated carbocycles. The molecule has 1 aromatic heterocycles. The van der Waals surface area contributed by atoms with E-state index in [9.17, 15) is 47.5 Å². The van der Waals surface area contributed by atoms with Crippen LogP contribution in [0.1, 0.15) is 50.1 Å². The van der Waals surface area contributed by atoms with Gasteiger partial charge >= 0.3 is 10.2 Å². The molecule has 0 spiro atoms. The van der Waals surface area contributed by atoms with Gasteiger partial charge in [-0.25, -0.2) is 13.2 Å². The molecule has 1 aromatic carbocycles. The highest BCUT2D eigenvalue weighted by Gasteiger charge is 2.65. The topological polar surface area (TPSA) is 89.3 Å². The van der Waals surface area contributed by atoms with E-state index >= 15 is 0 Å². The average molecular weight is 638 g/mol. The number of nitriles is 1. The summed E-state index contributed by atoms with van der Waals surface area (Å²) in [6.07, 6.45) is 3.77. The van der Waals surface area contributed by atoms with Gasteiger partial charge in [-0.15, -0.1) is 0 Å². The summed E-state index contributed by atoms with van der Waals surface area (Å²) in [6, 6.07) is -1.45. The van der Waals surface area contributed by atoms with Crippen LogP contribution < -0.4 is 10.2 Å². The van der Waals surface area contributed by atoms with Gasteiger partial charge in [-0.3, -0.25) is 24.4 Å². The molecule has 5 rings (SSSR count). The quantitative estimate of drug-likeness (QED) is 0.265. The van der Waals surface area contributed by atoms with Crippen molar-refractivity contribution in [3.8, 4) is 6.19 Å². The van der Waals surface area contributed by atoms with Crippen LogP contribution in [-0.4, -0.2) is 46.2 Å². The van der Waals surface area contributed by atoms with Gasteiger partial charge < -0.3 is 5.32 Å². The van der Waals surface area contributed by atoms with Crippen LogP contribution >= 0.6 is 10.2 Å². The first-order valence-electron chi connectivity index (χ1n) is 13.5. The van der Waals surface area contributed by atoms with Gasteiger partial charge in [-0.2, -0.15) is 5.26 Å². The molecule has 3 aliphatic rings. The zero-order chi connectivity index (χ0) is 31.4. The number of hydrogen-bond acceptors (Lipinski definition) is 5. The normalized spacial score (nSPS) is 25.7. The van der Waals surface area contributed by atoms with Crippen LogP contribution in [0.5, 0.6) is 0 Å². The standard InChI is InChI=1S/C27H27F8N5O2S/c28-18-11-17(12-37-13-18)23(25(41)38-19-7-9-27(29,30)10-8-19)40(20-2-4-21(5-3-20)43(31,32,33,34)35)26(42)24-22-6-1-16(22)14-39(24)15-36/h2-5,11-13,16,19,22-24H,1,6-10,14H2,(H,38,41)/t16?,22-,23?,24+/m0/s1. The van der Waals surface area contributed by atoms with E-state index < -0.39 is 75.3 Å². The minimum Gasteiger partial charge on any atom is -0.351 e. The number of likely N-dealkylation sites (tertiary alicyclic amines) is 1. The second-order valence-corrected chi connectivity index (χ2v) is 13.8. The Balaban J connectivity index is 1.60. The van der Waals surface area contributed by atoms with E-state index in [-0.39, 0.29) is 48.9 Å². The van der Waals surface area contributed by atoms with Crippen LogP contribution in [0.3, 0.4) is 0 Å². The van der Waals surface area contributed by atoms with E-state index in [2.05, 4.69) is 10.3 Å². The molecule has 16 heteroatoms. The SMILES string of the molecule is N#CN1CC2CC[C@@H]2[C@@H]1C(=O)N(c1ccc(S(F)(F)(F)(F)F)cc1)C(C(=O)NC1CCC(F)(F)CC1)c1cncc(F)c1. The lowest BCUT2D eigenvalue weighted by atomic mass is 9.72. The molecular formula is C27H27F8N5O2S. The first-order chi connectivity index (χ1) is 19.9. The lowest BCUT2D eigenvalue weighted by Gasteiger charge is -2.41. The number of halogens is 8. The Morgan fingerprint density at radius 2 is 1.70 bits per heavy atom. The molecular weight excluding hydrogens is 610 g/mol. The Morgan fingerprint density at radius 1 is 1.05 bits per heavy atom. The summed E-state index contributed by atoms with van der Waals surface area (Å²) in [7, 11) is -10.1. The smallest absolute Gasteiger partial charge is 0.310 e. The number of carbonyl (C=O) groups excluding carboxylic acids is 2. The highest BCUT2D eigenvalue weighted by molar-refractivity contribution is 8.45. The number of benzene rings is 1. The second-order valence-electron chi connectivity index (χ2n) is 11.3. The molecule has 1 aliphatic heterocycles. The molecule has 7 nitrogen and oxygen atoms in total. The fourth-order valence-electron chi connectivity index (χ4n) is 6.12. The maximum atomic E-state index is 14.4. The van der Waals surface area contributed by atoms with E-state index in [1.165, 1.54) is 4.90 Å². The number of hydrogen-bond donors (Lipinski definition) is 1. The summed E-state index contributed by atoms with van der Waals surface area (Å²) in [5.74, 6) is -6.07. The molecule has 2 heterocycles. The van der Waals surface area contributed by atoms with Gasteiger partial charge in [0.2, 0.25) is 11.8 Å². The van der Waals surface area contributed by atoms with Crippen molar-refractivity contribution in [1.29, 1.82) is 5.26 Å². The van der Waals surface area contributed by atoms with Crippen LogP contribution in [0, 0.1) is 29.1 Å². The summed E-state index contributed by atoms with van der Waals surface area (Å²) in [5.41, 5.74) is -0.619. The van der Waals surface area contributed by atoms with Gasteiger partial charge in [-0.1, -0.05) is 19.4 Å². The number of rotatable bonds is 7. The summed E-state index contributed by atoms with van der Waals surface area (Å²) in [4.78, 5) is 31.6. The molecule has 43 heavy (non-hydrogen) atoms. The van der Waals surface area contributed by atoms with Crippen molar-refractivity contribution in [2.75, 3.05) is 11.4 Å². The molecule has 2 unspecified atom stereocenters. The lowest BCUT2D eigenvalue weighted by molar-refractivity contribution is -0.130. The maximum absolute atomic E-state index is 14.4. The Labute approximate surface area is 241 Å². The highest BCUT2D eigenvalue weighted by Crippen LogP contribution is 3.02. The number of nitrogens with zero attached hydrogens (tertiary/aromatic N) is 4. The number of fused-ring (bicyclic) bond motifs is 1. The third kappa shape index (κ3) is 6.36. The maximum Gasteiger partial charge on any atom is 0.310 e.